The third-order valence-corrected chi connectivity index (χ3v) is 7.26. The minimum absolute atomic E-state index is 0.0721. The number of rotatable bonds is 5. The molecule has 0 radical (unpaired) electrons. The maximum absolute atomic E-state index is 12.7. The van der Waals surface area contributed by atoms with Gasteiger partial charge in [-0.1, -0.05) is 37.3 Å². The average Bonchev–Trinajstić information content (AvgIpc) is 3.29. The Balaban J connectivity index is 1.38. The van der Waals surface area contributed by atoms with Gasteiger partial charge in [-0.05, 0) is 55.0 Å². The van der Waals surface area contributed by atoms with Gasteiger partial charge in [0.05, 0.1) is 4.90 Å². The SMILES string of the molecule is CCc1cccc(NC(=O)N2C[C@@H]3C[C@H]2C[C@@H]3NS(=O)(=O)c2ccccc2)c1. The Hall–Kier alpha value is -2.38. The lowest BCUT2D eigenvalue weighted by Gasteiger charge is -2.32. The molecule has 1 saturated carbocycles. The maximum Gasteiger partial charge on any atom is 0.322 e. The van der Waals surface area contributed by atoms with Gasteiger partial charge in [-0.2, -0.15) is 0 Å². The summed E-state index contributed by atoms with van der Waals surface area (Å²) in [6.45, 7) is 2.66. The molecule has 1 aliphatic heterocycles. The van der Waals surface area contributed by atoms with Gasteiger partial charge in [0.25, 0.3) is 0 Å². The summed E-state index contributed by atoms with van der Waals surface area (Å²) in [4.78, 5) is 14.8. The number of hydrogen-bond donors (Lipinski definition) is 2. The second kappa shape index (κ2) is 7.56. The molecule has 2 amide bonds. The lowest BCUT2D eigenvalue weighted by atomic mass is 10.0. The first kappa shape index (κ1) is 19.0. The van der Waals surface area contributed by atoms with Crippen LogP contribution in [0.15, 0.2) is 59.5 Å². The van der Waals surface area contributed by atoms with Gasteiger partial charge in [-0.25, -0.2) is 17.9 Å². The van der Waals surface area contributed by atoms with Gasteiger partial charge < -0.3 is 10.2 Å². The van der Waals surface area contributed by atoms with E-state index in [1.165, 1.54) is 5.56 Å². The standard InChI is InChI=1S/C21H25N3O3S/c1-2-15-7-6-8-17(11-15)22-21(25)24-14-16-12-18(24)13-20(16)23-28(26,27)19-9-4-3-5-10-19/h3-11,16,18,20,23H,2,12-14H2,1H3,(H,22,25)/t16-,18-,20-/m0/s1. The number of nitrogens with one attached hydrogen (secondary N) is 2. The van der Waals surface area contributed by atoms with Crippen LogP contribution < -0.4 is 10.0 Å². The third kappa shape index (κ3) is 3.77. The van der Waals surface area contributed by atoms with Crippen LogP contribution in [0.4, 0.5) is 10.5 Å². The molecule has 1 saturated heterocycles. The highest BCUT2D eigenvalue weighted by molar-refractivity contribution is 7.89. The van der Waals surface area contributed by atoms with Crippen LogP contribution in [0.25, 0.3) is 0 Å². The monoisotopic (exact) mass is 399 g/mol. The number of likely N-dealkylation sites (tertiary alicyclic amines) is 1. The summed E-state index contributed by atoms with van der Waals surface area (Å²) in [6.07, 6.45) is 2.41. The zero-order valence-electron chi connectivity index (χ0n) is 15.8. The Morgan fingerprint density at radius 1 is 1.11 bits per heavy atom. The molecule has 28 heavy (non-hydrogen) atoms. The van der Waals surface area contributed by atoms with E-state index in [0.717, 1.165) is 18.5 Å². The molecule has 148 valence electrons. The van der Waals surface area contributed by atoms with Crippen LogP contribution in [-0.2, 0) is 16.4 Å². The van der Waals surface area contributed by atoms with Gasteiger partial charge in [-0.3, -0.25) is 0 Å². The molecule has 2 bridgehead atoms. The van der Waals surface area contributed by atoms with Crippen molar-refractivity contribution in [3.63, 3.8) is 0 Å². The minimum Gasteiger partial charge on any atom is -0.321 e. The largest absolute Gasteiger partial charge is 0.322 e. The molecule has 2 aromatic carbocycles. The second-order valence-electron chi connectivity index (χ2n) is 7.56. The smallest absolute Gasteiger partial charge is 0.321 e. The number of carbonyl (C=O) groups excluding carboxylic acids is 1. The molecule has 2 fully saturated rings. The van der Waals surface area contributed by atoms with Crippen LogP contribution in [0.1, 0.15) is 25.3 Å². The van der Waals surface area contributed by atoms with E-state index < -0.39 is 10.0 Å². The van der Waals surface area contributed by atoms with Crippen molar-refractivity contribution in [1.29, 1.82) is 0 Å². The summed E-state index contributed by atoms with van der Waals surface area (Å²) in [5.74, 6) is 0.149. The number of nitrogens with zero attached hydrogens (tertiary/aromatic N) is 1. The number of urea groups is 1. The fraction of sp³-hybridized carbons (Fsp3) is 0.381. The van der Waals surface area contributed by atoms with Crippen molar-refractivity contribution in [1.82, 2.24) is 9.62 Å². The Kier molecular flexibility index (Phi) is 5.12. The molecule has 1 aliphatic carbocycles. The summed E-state index contributed by atoms with van der Waals surface area (Å²) in [5.41, 5.74) is 1.98. The molecule has 0 spiro atoms. The molecule has 2 aliphatic rings. The summed E-state index contributed by atoms with van der Waals surface area (Å²) in [7, 11) is -3.53. The van der Waals surface area contributed by atoms with Gasteiger partial charge in [0.1, 0.15) is 0 Å². The fourth-order valence-electron chi connectivity index (χ4n) is 4.28. The van der Waals surface area contributed by atoms with Gasteiger partial charge in [0.2, 0.25) is 10.0 Å². The van der Waals surface area contributed by atoms with E-state index >= 15 is 0 Å². The molecule has 0 unspecified atom stereocenters. The number of carbonyl (C=O) groups is 1. The van der Waals surface area contributed by atoms with E-state index in [-0.39, 0.29) is 28.9 Å². The Bertz CT molecular complexity index is 962. The summed E-state index contributed by atoms with van der Waals surface area (Å²) >= 11 is 0. The van der Waals surface area contributed by atoms with E-state index in [4.69, 9.17) is 0 Å². The van der Waals surface area contributed by atoms with E-state index in [9.17, 15) is 13.2 Å². The van der Waals surface area contributed by atoms with Crippen LogP contribution in [0.2, 0.25) is 0 Å². The molecular weight excluding hydrogens is 374 g/mol. The van der Waals surface area contributed by atoms with Crippen LogP contribution >= 0.6 is 0 Å². The molecule has 3 atom stereocenters. The first-order chi connectivity index (χ1) is 13.5. The van der Waals surface area contributed by atoms with E-state index in [0.29, 0.717) is 13.0 Å². The van der Waals surface area contributed by atoms with Gasteiger partial charge in [0, 0.05) is 24.3 Å². The van der Waals surface area contributed by atoms with Gasteiger partial charge in [-0.15, -0.1) is 0 Å². The van der Waals surface area contributed by atoms with Crippen molar-refractivity contribution in [2.24, 2.45) is 5.92 Å². The summed E-state index contributed by atoms with van der Waals surface area (Å²) in [6, 6.07) is 16.1. The van der Waals surface area contributed by atoms with E-state index in [1.807, 2.05) is 29.2 Å². The first-order valence-corrected chi connectivity index (χ1v) is 11.2. The van der Waals surface area contributed by atoms with Crippen molar-refractivity contribution < 1.29 is 13.2 Å². The number of amides is 2. The van der Waals surface area contributed by atoms with Crippen molar-refractivity contribution in [2.45, 2.75) is 43.2 Å². The lowest BCUT2D eigenvalue weighted by molar-refractivity contribution is 0.188. The predicted molar refractivity (Wildman–Crippen MR) is 109 cm³/mol. The molecular formula is C21H25N3O3S. The maximum atomic E-state index is 12.7. The van der Waals surface area contributed by atoms with Gasteiger partial charge in [0.15, 0.2) is 0 Å². The first-order valence-electron chi connectivity index (χ1n) is 9.70. The number of anilines is 1. The molecule has 2 aromatic rings. The minimum atomic E-state index is -3.53. The van der Waals surface area contributed by atoms with E-state index in [1.54, 1.807) is 30.3 Å². The third-order valence-electron chi connectivity index (χ3n) is 5.75. The van der Waals surface area contributed by atoms with Gasteiger partial charge >= 0.3 is 6.03 Å². The van der Waals surface area contributed by atoms with Crippen LogP contribution in [-0.4, -0.2) is 38.0 Å². The Morgan fingerprint density at radius 2 is 1.89 bits per heavy atom. The van der Waals surface area contributed by atoms with Crippen molar-refractivity contribution in [3.05, 3.63) is 60.2 Å². The highest BCUT2D eigenvalue weighted by atomic mass is 32.2. The Morgan fingerprint density at radius 3 is 2.57 bits per heavy atom. The molecule has 4 rings (SSSR count). The molecule has 2 N–H and O–H groups in total. The highest BCUT2D eigenvalue weighted by Crippen LogP contribution is 2.38. The average molecular weight is 400 g/mol. The quantitative estimate of drug-likeness (QED) is 0.810. The molecule has 6 nitrogen and oxygen atoms in total. The van der Waals surface area contributed by atoms with Crippen molar-refractivity contribution >= 4 is 21.7 Å². The number of benzene rings is 2. The normalized spacial score (nSPS) is 23.8. The second-order valence-corrected chi connectivity index (χ2v) is 9.28. The number of aryl methyl sites for hydroxylation is 1. The molecule has 7 heteroatoms. The zero-order chi connectivity index (χ0) is 19.7. The van der Waals surface area contributed by atoms with Crippen LogP contribution in [0.3, 0.4) is 0 Å². The highest BCUT2D eigenvalue weighted by Gasteiger charge is 2.47. The Labute approximate surface area is 166 Å². The van der Waals surface area contributed by atoms with Crippen LogP contribution in [0, 0.1) is 5.92 Å². The molecule has 0 aromatic heterocycles. The number of piperidine rings is 1. The number of hydrogen-bond acceptors (Lipinski definition) is 3. The lowest BCUT2D eigenvalue weighted by Crippen LogP contribution is -2.48. The summed E-state index contributed by atoms with van der Waals surface area (Å²) < 4.78 is 28.0. The topological polar surface area (TPSA) is 78.5 Å². The number of sulfonamides is 1. The summed E-state index contributed by atoms with van der Waals surface area (Å²) in [5, 5.41) is 2.98. The van der Waals surface area contributed by atoms with E-state index in [2.05, 4.69) is 17.0 Å². The predicted octanol–water partition coefficient (Wildman–Crippen LogP) is 3.22. The molecule has 1 heterocycles. The van der Waals surface area contributed by atoms with Crippen molar-refractivity contribution in [3.8, 4) is 0 Å². The zero-order valence-corrected chi connectivity index (χ0v) is 16.7. The fourth-order valence-corrected chi connectivity index (χ4v) is 5.62. The number of fused-ring (bicyclic) bond motifs is 2. The van der Waals surface area contributed by atoms with Crippen molar-refractivity contribution in [2.75, 3.05) is 11.9 Å². The van der Waals surface area contributed by atoms with Crippen LogP contribution in [0.5, 0.6) is 0 Å².